The first kappa shape index (κ1) is 15.3. The molecule has 0 aromatic carbocycles. The van der Waals surface area contributed by atoms with Gasteiger partial charge in [-0.15, -0.1) is 0 Å². The Morgan fingerprint density at radius 1 is 1.50 bits per heavy atom. The maximum absolute atomic E-state index is 11.1. The zero-order chi connectivity index (χ0) is 12.7. The topological polar surface area (TPSA) is 66.6 Å². The number of nitrogens with two attached hydrogens (primary N) is 1. The van der Waals surface area contributed by atoms with Crippen LogP contribution in [0.2, 0.25) is 0 Å². The van der Waals surface area contributed by atoms with Crippen molar-refractivity contribution in [3.8, 4) is 0 Å². The lowest BCUT2D eigenvalue weighted by Gasteiger charge is -2.29. The molecule has 16 heavy (non-hydrogen) atoms. The molecule has 4 nitrogen and oxygen atoms in total. The van der Waals surface area contributed by atoms with Crippen LogP contribution in [0.25, 0.3) is 0 Å². The lowest BCUT2D eigenvalue weighted by Crippen LogP contribution is -2.45. The summed E-state index contributed by atoms with van der Waals surface area (Å²) < 4.78 is 0. The van der Waals surface area contributed by atoms with E-state index in [1.165, 1.54) is 0 Å². The van der Waals surface area contributed by atoms with E-state index in [-0.39, 0.29) is 5.92 Å². The van der Waals surface area contributed by atoms with Crippen molar-refractivity contribution in [3.05, 3.63) is 0 Å². The molecule has 0 spiro atoms. The number of carboxylic acids is 1. The van der Waals surface area contributed by atoms with Crippen LogP contribution in [-0.4, -0.2) is 40.1 Å². The van der Waals surface area contributed by atoms with Gasteiger partial charge in [-0.2, -0.15) is 0 Å². The molecule has 0 aliphatic carbocycles. The summed E-state index contributed by atoms with van der Waals surface area (Å²) in [6.45, 7) is 7.18. The van der Waals surface area contributed by atoms with E-state index in [4.69, 9.17) is 23.1 Å². The number of thiocarbonyl (C=S) groups is 1. The van der Waals surface area contributed by atoms with Crippen molar-refractivity contribution in [2.75, 3.05) is 13.1 Å². The summed E-state index contributed by atoms with van der Waals surface area (Å²) in [5.74, 6) is -0.715. The number of hydrogen-bond donors (Lipinski definition) is 2. The van der Waals surface area contributed by atoms with Gasteiger partial charge in [-0.1, -0.05) is 39.4 Å². The van der Waals surface area contributed by atoms with Crippen molar-refractivity contribution < 1.29 is 9.90 Å². The van der Waals surface area contributed by atoms with Crippen molar-refractivity contribution in [2.45, 2.75) is 39.7 Å². The van der Waals surface area contributed by atoms with Crippen molar-refractivity contribution >= 4 is 23.2 Å². The van der Waals surface area contributed by atoms with Crippen molar-refractivity contribution in [3.63, 3.8) is 0 Å². The molecule has 5 heteroatoms. The Hall–Kier alpha value is -0.680. The third kappa shape index (κ3) is 4.90. The molecule has 0 heterocycles. The summed E-state index contributed by atoms with van der Waals surface area (Å²) in [4.78, 5) is 13.5. The Morgan fingerprint density at radius 3 is 2.38 bits per heavy atom. The second kappa shape index (κ2) is 7.57. The molecule has 0 fully saturated rings. The summed E-state index contributed by atoms with van der Waals surface area (Å²) in [6.07, 6.45) is 1.52. The Balaban J connectivity index is 4.54. The van der Waals surface area contributed by atoms with E-state index in [0.717, 1.165) is 6.42 Å². The highest BCUT2D eigenvalue weighted by Crippen LogP contribution is 2.10. The maximum atomic E-state index is 11.1. The minimum absolute atomic E-state index is 0.0497. The molecule has 0 aromatic heterocycles. The molecule has 0 aliphatic heterocycles. The quantitative estimate of drug-likeness (QED) is 0.635. The number of carbonyl (C=O) groups is 1. The van der Waals surface area contributed by atoms with Crippen LogP contribution in [0.5, 0.6) is 0 Å². The predicted molar refractivity (Wildman–Crippen MR) is 69.5 cm³/mol. The standard InChI is InChI=1S/C11H22N2O2S/c1-4-6-9(11(14)15)13(5-2)7-8(3)10(12)16/h8-9H,4-7H2,1-3H3,(H2,12,16)(H,14,15). The lowest BCUT2D eigenvalue weighted by molar-refractivity contribution is -0.143. The summed E-state index contributed by atoms with van der Waals surface area (Å²) in [5.41, 5.74) is 5.55. The summed E-state index contributed by atoms with van der Waals surface area (Å²) in [5, 5.41) is 9.15. The van der Waals surface area contributed by atoms with Gasteiger partial charge < -0.3 is 10.8 Å². The summed E-state index contributed by atoms with van der Waals surface area (Å²) >= 11 is 4.91. The molecule has 0 aromatic rings. The molecular weight excluding hydrogens is 224 g/mol. The van der Waals surface area contributed by atoms with E-state index in [1.807, 2.05) is 25.7 Å². The molecule has 2 unspecified atom stereocenters. The largest absolute Gasteiger partial charge is 0.480 e. The van der Waals surface area contributed by atoms with Gasteiger partial charge in [0.15, 0.2) is 0 Å². The van der Waals surface area contributed by atoms with Gasteiger partial charge >= 0.3 is 5.97 Å². The first-order valence-corrected chi connectivity index (χ1v) is 6.10. The number of likely N-dealkylation sites (N-methyl/N-ethyl adjacent to an activating group) is 1. The Labute approximate surface area is 103 Å². The molecule has 0 rings (SSSR count). The summed E-state index contributed by atoms with van der Waals surface area (Å²) in [7, 11) is 0. The van der Waals surface area contributed by atoms with E-state index in [1.54, 1.807) is 0 Å². The fourth-order valence-corrected chi connectivity index (χ4v) is 1.73. The molecule has 0 amide bonds. The predicted octanol–water partition coefficient (Wildman–Crippen LogP) is 1.48. The lowest BCUT2D eigenvalue weighted by atomic mass is 10.1. The average molecular weight is 246 g/mol. The number of nitrogens with zero attached hydrogens (tertiary/aromatic N) is 1. The minimum Gasteiger partial charge on any atom is -0.480 e. The van der Waals surface area contributed by atoms with Crippen LogP contribution in [0.3, 0.4) is 0 Å². The van der Waals surface area contributed by atoms with Crippen molar-refractivity contribution in [2.24, 2.45) is 11.7 Å². The number of hydrogen-bond acceptors (Lipinski definition) is 3. The third-order valence-corrected chi connectivity index (χ3v) is 3.09. The fraction of sp³-hybridized carbons (Fsp3) is 0.818. The highest BCUT2D eigenvalue weighted by atomic mass is 32.1. The Morgan fingerprint density at radius 2 is 2.06 bits per heavy atom. The second-order valence-corrected chi connectivity index (χ2v) is 4.51. The van der Waals surface area contributed by atoms with Gasteiger partial charge in [-0.05, 0) is 13.0 Å². The first-order valence-electron chi connectivity index (χ1n) is 5.70. The van der Waals surface area contributed by atoms with Gasteiger partial charge in [0.2, 0.25) is 0 Å². The van der Waals surface area contributed by atoms with Crippen LogP contribution in [0.4, 0.5) is 0 Å². The number of rotatable bonds is 8. The zero-order valence-corrected chi connectivity index (χ0v) is 11.1. The highest BCUT2D eigenvalue weighted by molar-refractivity contribution is 7.80. The SMILES string of the molecule is CCCC(C(=O)O)N(CC)CC(C)C(N)=S. The Bertz CT molecular complexity index is 246. The van der Waals surface area contributed by atoms with E-state index >= 15 is 0 Å². The fourth-order valence-electron chi connectivity index (χ4n) is 1.65. The van der Waals surface area contributed by atoms with Crippen LogP contribution in [0, 0.1) is 5.92 Å². The van der Waals surface area contributed by atoms with E-state index in [0.29, 0.717) is 24.5 Å². The molecule has 0 bridgehead atoms. The Kier molecular flexibility index (Phi) is 7.25. The van der Waals surface area contributed by atoms with Gasteiger partial charge in [0.05, 0.1) is 4.99 Å². The molecule has 94 valence electrons. The zero-order valence-electron chi connectivity index (χ0n) is 10.3. The first-order chi connectivity index (χ1) is 7.43. The average Bonchev–Trinajstić information content (AvgIpc) is 2.22. The molecule has 0 aliphatic rings. The van der Waals surface area contributed by atoms with Crippen LogP contribution in [0.1, 0.15) is 33.6 Å². The number of carboxylic acid groups (broad SMARTS) is 1. The molecule has 0 saturated heterocycles. The highest BCUT2D eigenvalue weighted by Gasteiger charge is 2.25. The molecule has 0 saturated carbocycles. The van der Waals surface area contributed by atoms with E-state index in [9.17, 15) is 4.79 Å². The van der Waals surface area contributed by atoms with Crippen molar-refractivity contribution in [1.82, 2.24) is 4.90 Å². The van der Waals surface area contributed by atoms with E-state index in [2.05, 4.69) is 0 Å². The molecule has 0 radical (unpaired) electrons. The van der Waals surface area contributed by atoms with Crippen LogP contribution < -0.4 is 5.73 Å². The normalized spacial score (nSPS) is 14.8. The monoisotopic (exact) mass is 246 g/mol. The minimum atomic E-state index is -0.765. The molecule has 3 N–H and O–H groups in total. The molecular formula is C11H22N2O2S. The van der Waals surface area contributed by atoms with Crippen molar-refractivity contribution in [1.29, 1.82) is 0 Å². The number of aliphatic carboxylic acids is 1. The molecule has 2 atom stereocenters. The summed E-state index contributed by atoms with van der Waals surface area (Å²) in [6, 6.07) is -0.424. The van der Waals surface area contributed by atoms with Gasteiger partial charge in [-0.3, -0.25) is 9.69 Å². The third-order valence-electron chi connectivity index (χ3n) is 2.69. The second-order valence-electron chi connectivity index (χ2n) is 4.03. The smallest absolute Gasteiger partial charge is 0.320 e. The van der Waals surface area contributed by atoms with Gasteiger partial charge in [0, 0.05) is 12.5 Å². The van der Waals surface area contributed by atoms with Gasteiger partial charge in [-0.25, -0.2) is 0 Å². The van der Waals surface area contributed by atoms with Gasteiger partial charge in [0.25, 0.3) is 0 Å². The van der Waals surface area contributed by atoms with Gasteiger partial charge in [0.1, 0.15) is 6.04 Å². The van der Waals surface area contributed by atoms with Crippen LogP contribution in [0.15, 0.2) is 0 Å². The van der Waals surface area contributed by atoms with Crippen LogP contribution in [-0.2, 0) is 4.79 Å². The van der Waals surface area contributed by atoms with Crippen LogP contribution >= 0.6 is 12.2 Å². The maximum Gasteiger partial charge on any atom is 0.320 e. The van der Waals surface area contributed by atoms with E-state index < -0.39 is 12.0 Å².